The summed E-state index contributed by atoms with van der Waals surface area (Å²) in [5.74, 6) is 4.86. The molecule has 2 amide bonds. The highest BCUT2D eigenvalue weighted by Gasteiger charge is 2.46. The number of nitrogens with one attached hydrogen (secondary N) is 1. The maximum Gasteiger partial charge on any atom is 0.338 e. The number of urea groups is 1. The molecule has 0 unspecified atom stereocenters. The second-order valence-electron chi connectivity index (χ2n) is 13.0. The van der Waals surface area contributed by atoms with Gasteiger partial charge in [0, 0.05) is 66.1 Å². The third-order valence-corrected chi connectivity index (χ3v) is 10.3. The average molecular weight is 719 g/mol. The van der Waals surface area contributed by atoms with Gasteiger partial charge < -0.3 is 25.0 Å². The number of ether oxygens (including phenoxy) is 1. The van der Waals surface area contributed by atoms with Gasteiger partial charge >= 0.3 is 18.0 Å². The van der Waals surface area contributed by atoms with E-state index in [1.54, 1.807) is 23.2 Å². The van der Waals surface area contributed by atoms with Gasteiger partial charge in [0.2, 0.25) is 0 Å². The fraction of sp³-hybridized carbons (Fsp3) is 0.361. The minimum absolute atomic E-state index is 0.0990. The van der Waals surface area contributed by atoms with Crippen molar-refractivity contribution in [2.45, 2.75) is 45.3 Å². The topological polar surface area (TPSA) is 128 Å². The van der Waals surface area contributed by atoms with Crippen LogP contribution < -0.4 is 5.32 Å². The number of aliphatic imine (C=N–C) groups is 1. The van der Waals surface area contributed by atoms with Gasteiger partial charge in [-0.25, -0.2) is 23.8 Å². The largest absolute Gasteiger partial charge is 0.478 e. The van der Waals surface area contributed by atoms with E-state index < -0.39 is 29.3 Å². The van der Waals surface area contributed by atoms with Gasteiger partial charge in [-0.2, -0.15) is 0 Å². The third kappa shape index (κ3) is 6.83. The van der Waals surface area contributed by atoms with Gasteiger partial charge in [0.05, 0.1) is 24.3 Å². The number of fused-ring (bicyclic) bond motifs is 1. The van der Waals surface area contributed by atoms with E-state index in [1.165, 1.54) is 36.6 Å². The van der Waals surface area contributed by atoms with Gasteiger partial charge in [0.25, 0.3) is 0 Å². The number of aromatic carboxylic acids is 1. The van der Waals surface area contributed by atoms with E-state index in [-0.39, 0.29) is 28.2 Å². The molecule has 1 aromatic heterocycles. The van der Waals surface area contributed by atoms with Crippen LogP contribution >= 0.6 is 22.9 Å². The third-order valence-electron chi connectivity index (χ3n) is 9.19. The van der Waals surface area contributed by atoms with Crippen molar-refractivity contribution in [2.75, 3.05) is 39.8 Å². The summed E-state index contributed by atoms with van der Waals surface area (Å²) in [6, 6.07) is 6.10. The van der Waals surface area contributed by atoms with Crippen molar-refractivity contribution in [3.63, 3.8) is 0 Å². The fourth-order valence-corrected chi connectivity index (χ4v) is 7.50. The van der Waals surface area contributed by atoms with Crippen molar-refractivity contribution in [2.24, 2.45) is 4.99 Å². The second kappa shape index (κ2) is 13.9. The molecule has 0 aliphatic carbocycles. The number of benzene rings is 2. The van der Waals surface area contributed by atoms with Gasteiger partial charge in [-0.1, -0.05) is 29.5 Å². The Hall–Kier alpha value is -4.77. The van der Waals surface area contributed by atoms with Gasteiger partial charge in [0.15, 0.2) is 10.8 Å². The average Bonchev–Trinajstić information content (AvgIpc) is 3.72. The number of carboxylic acid groups (broad SMARTS) is 1. The number of aromatic nitrogens is 1. The van der Waals surface area contributed by atoms with Gasteiger partial charge in [-0.15, -0.1) is 11.3 Å². The summed E-state index contributed by atoms with van der Waals surface area (Å²) >= 11 is 7.89. The van der Waals surface area contributed by atoms with Crippen LogP contribution in [-0.2, 0) is 9.53 Å². The number of nitrogens with zero attached hydrogens (tertiary/aromatic N) is 5. The second-order valence-corrected chi connectivity index (χ2v) is 14.3. The SMILES string of the molecule is COC(=O)C1=C(CN2CCN3C(=O)N(C(C)(C)C#Cc4c(C)cc(C(=O)O)cc4C)C[C@@H]3C2)NC(c2nccs2)=N[C@H]1c1ccc(F)cc1Cl. The molecule has 0 spiro atoms. The van der Waals surface area contributed by atoms with E-state index in [0.717, 1.165) is 16.7 Å². The quantitative estimate of drug-likeness (QED) is 0.258. The molecule has 6 rings (SSSR count). The Kier molecular flexibility index (Phi) is 9.72. The van der Waals surface area contributed by atoms with Crippen molar-refractivity contribution >= 4 is 46.7 Å². The molecular weight excluding hydrogens is 683 g/mol. The van der Waals surface area contributed by atoms with Crippen LogP contribution in [0.3, 0.4) is 0 Å². The maximum absolute atomic E-state index is 14.0. The number of esters is 1. The van der Waals surface area contributed by atoms with Gasteiger partial charge in [-0.3, -0.25) is 9.89 Å². The Morgan fingerprint density at radius 1 is 1.18 bits per heavy atom. The Morgan fingerprint density at radius 3 is 2.56 bits per heavy atom. The molecule has 2 N–H and O–H groups in total. The first-order chi connectivity index (χ1) is 23.8. The van der Waals surface area contributed by atoms with E-state index in [4.69, 9.17) is 21.3 Å². The lowest BCUT2D eigenvalue weighted by Crippen LogP contribution is -2.53. The molecule has 260 valence electrons. The van der Waals surface area contributed by atoms with Gasteiger partial charge in [0.1, 0.15) is 17.4 Å². The van der Waals surface area contributed by atoms with Crippen LogP contribution in [0, 0.1) is 31.5 Å². The number of methoxy groups -OCH3 is 1. The normalized spacial score (nSPS) is 19.4. The number of piperazine rings is 1. The predicted octanol–water partition coefficient (Wildman–Crippen LogP) is 5.02. The van der Waals surface area contributed by atoms with E-state index >= 15 is 0 Å². The number of carboxylic acids is 1. The molecule has 2 aromatic carbocycles. The molecule has 3 aromatic rings. The fourth-order valence-electron chi connectivity index (χ4n) is 6.64. The van der Waals surface area contributed by atoms with Gasteiger partial charge in [-0.05, 0) is 63.1 Å². The Labute approximate surface area is 298 Å². The summed E-state index contributed by atoms with van der Waals surface area (Å²) < 4.78 is 19.3. The number of amides is 2. The molecule has 11 nitrogen and oxygen atoms in total. The van der Waals surface area contributed by atoms with E-state index in [2.05, 4.69) is 27.0 Å². The maximum atomic E-state index is 14.0. The summed E-state index contributed by atoms with van der Waals surface area (Å²) in [5.41, 5.74) is 2.93. The number of carbonyl (C=O) groups excluding carboxylic acids is 2. The zero-order chi connectivity index (χ0) is 35.9. The van der Waals surface area contributed by atoms with Crippen molar-refractivity contribution < 1.29 is 28.6 Å². The summed E-state index contributed by atoms with van der Waals surface area (Å²) in [4.78, 5) is 53.6. The molecule has 50 heavy (non-hydrogen) atoms. The summed E-state index contributed by atoms with van der Waals surface area (Å²) in [6.45, 7) is 9.79. The number of hydrogen-bond acceptors (Lipinski definition) is 9. The van der Waals surface area contributed by atoms with Crippen molar-refractivity contribution in [1.82, 2.24) is 25.0 Å². The minimum atomic E-state index is -0.994. The van der Waals surface area contributed by atoms with Crippen LogP contribution in [0.4, 0.5) is 9.18 Å². The highest BCUT2D eigenvalue weighted by molar-refractivity contribution is 7.11. The lowest BCUT2D eigenvalue weighted by molar-refractivity contribution is -0.136. The highest BCUT2D eigenvalue weighted by atomic mass is 35.5. The number of rotatable bonds is 7. The molecule has 3 aliphatic heterocycles. The predicted molar refractivity (Wildman–Crippen MR) is 188 cm³/mol. The Bertz CT molecular complexity index is 1980. The molecular formula is C36H36ClFN6O5S. The first-order valence-electron chi connectivity index (χ1n) is 16.0. The Balaban J connectivity index is 1.25. The number of halogens is 2. The standard InChI is InChI=1S/C36H36ClFN6O5S/c1-20-14-22(33(45)46)15-21(2)25(20)8-9-36(3,4)44-18-24-17-42(11-12-43(24)35(44)48)19-28-29(34(47)49-5)30(26-7-6-23(38)16-27(26)37)41-31(40-28)32-39-10-13-50-32/h6-7,10,13-16,24,30H,11-12,17-19H2,1-5H3,(H,40,41)(H,45,46)/t24-,30-/m0/s1. The Morgan fingerprint density at radius 2 is 1.92 bits per heavy atom. The van der Waals surface area contributed by atoms with Crippen LogP contribution in [-0.4, -0.2) is 100 Å². The van der Waals surface area contributed by atoms with Crippen LogP contribution in [0.25, 0.3) is 0 Å². The molecule has 4 heterocycles. The van der Waals surface area contributed by atoms with Crippen molar-refractivity contribution in [3.8, 4) is 11.8 Å². The summed E-state index contributed by atoms with van der Waals surface area (Å²) in [6.07, 6.45) is 1.66. The van der Waals surface area contributed by atoms with Crippen molar-refractivity contribution in [3.05, 3.63) is 96.8 Å². The number of amidine groups is 1. The summed E-state index contributed by atoms with van der Waals surface area (Å²) in [5, 5.41) is 15.3. The first kappa shape index (κ1) is 35.1. The lowest BCUT2D eigenvalue weighted by Gasteiger charge is -2.38. The highest BCUT2D eigenvalue weighted by Crippen LogP contribution is 2.37. The molecule has 14 heteroatoms. The lowest BCUT2D eigenvalue weighted by atomic mass is 9.95. The summed E-state index contributed by atoms with van der Waals surface area (Å²) in [7, 11) is 1.30. The molecule has 2 fully saturated rings. The molecule has 0 radical (unpaired) electrons. The smallest absolute Gasteiger partial charge is 0.338 e. The van der Waals surface area contributed by atoms with E-state index in [1.807, 2.05) is 38.0 Å². The van der Waals surface area contributed by atoms with Crippen LogP contribution in [0.1, 0.15) is 57.5 Å². The van der Waals surface area contributed by atoms with Crippen LogP contribution in [0.2, 0.25) is 5.02 Å². The van der Waals surface area contributed by atoms with Crippen LogP contribution in [0.15, 0.2) is 58.2 Å². The molecule has 2 atom stereocenters. The number of carbonyl (C=O) groups is 3. The molecule has 0 bridgehead atoms. The van der Waals surface area contributed by atoms with Crippen LogP contribution in [0.5, 0.6) is 0 Å². The number of thiazole rings is 1. The number of aryl methyl sites for hydroxylation is 2. The molecule has 0 saturated carbocycles. The monoisotopic (exact) mass is 718 g/mol. The van der Waals surface area contributed by atoms with Crippen molar-refractivity contribution in [1.29, 1.82) is 0 Å². The minimum Gasteiger partial charge on any atom is -0.478 e. The van der Waals surface area contributed by atoms with E-state index in [0.29, 0.717) is 54.8 Å². The molecule has 3 aliphatic rings. The molecule has 2 saturated heterocycles. The zero-order valence-corrected chi connectivity index (χ0v) is 29.8. The zero-order valence-electron chi connectivity index (χ0n) is 28.2. The number of hydrogen-bond donors (Lipinski definition) is 2. The van der Waals surface area contributed by atoms with E-state index in [9.17, 15) is 23.9 Å². The first-order valence-corrected chi connectivity index (χ1v) is 17.2.